The van der Waals surface area contributed by atoms with Gasteiger partial charge in [0.15, 0.2) is 0 Å². The van der Waals surface area contributed by atoms with Crippen molar-refractivity contribution in [2.24, 2.45) is 7.05 Å². The normalized spacial score (nSPS) is 19.1. The van der Waals surface area contributed by atoms with E-state index in [2.05, 4.69) is 4.98 Å². The molecule has 0 aromatic carbocycles. The Morgan fingerprint density at radius 3 is 2.85 bits per heavy atom. The second kappa shape index (κ2) is 5.46. The van der Waals surface area contributed by atoms with Gasteiger partial charge in [0.05, 0.1) is 13.2 Å². The summed E-state index contributed by atoms with van der Waals surface area (Å²) >= 11 is 0. The molecule has 5 nitrogen and oxygen atoms in total. The third-order valence-corrected chi connectivity index (χ3v) is 3.59. The molecule has 1 aliphatic rings. The van der Waals surface area contributed by atoms with E-state index in [1.54, 1.807) is 12.4 Å². The minimum atomic E-state index is -0.0732. The average molecular weight is 271 g/mol. The molecule has 104 valence electrons. The number of rotatable bonds is 2. The lowest BCUT2D eigenvalue weighted by Gasteiger charge is -2.33. The molecule has 1 atom stereocenters. The highest BCUT2D eigenvalue weighted by molar-refractivity contribution is 5.92. The first-order chi connectivity index (χ1) is 9.75. The number of pyridine rings is 1. The Morgan fingerprint density at radius 1 is 1.35 bits per heavy atom. The van der Waals surface area contributed by atoms with Gasteiger partial charge in [-0.25, -0.2) is 0 Å². The Kier molecular flexibility index (Phi) is 3.52. The van der Waals surface area contributed by atoms with E-state index in [1.807, 2.05) is 47.0 Å². The molecule has 1 aliphatic heterocycles. The molecule has 0 spiro atoms. The first kappa shape index (κ1) is 12.9. The predicted molar refractivity (Wildman–Crippen MR) is 74.2 cm³/mol. The number of nitrogens with zero attached hydrogens (tertiary/aromatic N) is 3. The van der Waals surface area contributed by atoms with Crippen LogP contribution in [-0.2, 0) is 11.8 Å². The fourth-order valence-corrected chi connectivity index (χ4v) is 2.46. The van der Waals surface area contributed by atoms with Gasteiger partial charge in [-0.15, -0.1) is 0 Å². The molecule has 1 fully saturated rings. The fourth-order valence-electron chi connectivity index (χ4n) is 2.46. The summed E-state index contributed by atoms with van der Waals surface area (Å²) in [5.74, 6) is 0.0554. The highest BCUT2D eigenvalue weighted by atomic mass is 16.5. The minimum Gasteiger partial charge on any atom is -0.370 e. The van der Waals surface area contributed by atoms with Crippen molar-refractivity contribution < 1.29 is 9.53 Å². The zero-order chi connectivity index (χ0) is 13.9. The molecular formula is C15H17N3O2. The fraction of sp³-hybridized carbons (Fsp3) is 0.333. The standard InChI is InChI=1S/C15H17N3O2/c1-17-8-2-3-13(17)15(19)18-9-10-20-14(11-18)12-4-6-16-7-5-12/h2-8,14H,9-11H2,1H3/t14-/m0/s1. The number of amides is 1. The summed E-state index contributed by atoms with van der Waals surface area (Å²) in [7, 11) is 1.88. The van der Waals surface area contributed by atoms with Gasteiger partial charge in [0.25, 0.3) is 5.91 Å². The first-order valence-electron chi connectivity index (χ1n) is 6.68. The molecule has 2 aromatic heterocycles. The molecule has 0 saturated carbocycles. The van der Waals surface area contributed by atoms with Crippen molar-refractivity contribution >= 4 is 5.91 Å². The molecule has 0 bridgehead atoms. The largest absolute Gasteiger partial charge is 0.370 e. The highest BCUT2D eigenvalue weighted by Crippen LogP contribution is 2.22. The van der Waals surface area contributed by atoms with Crippen LogP contribution in [0.5, 0.6) is 0 Å². The number of aromatic nitrogens is 2. The van der Waals surface area contributed by atoms with Gasteiger partial charge in [-0.2, -0.15) is 0 Å². The predicted octanol–water partition coefficient (Wildman–Crippen LogP) is 1.63. The van der Waals surface area contributed by atoms with Crippen LogP contribution in [0, 0.1) is 0 Å². The van der Waals surface area contributed by atoms with Crippen molar-refractivity contribution in [1.82, 2.24) is 14.5 Å². The quantitative estimate of drug-likeness (QED) is 0.834. The van der Waals surface area contributed by atoms with Crippen LogP contribution in [0.2, 0.25) is 0 Å². The molecule has 0 aliphatic carbocycles. The van der Waals surface area contributed by atoms with Crippen molar-refractivity contribution in [2.75, 3.05) is 19.7 Å². The van der Waals surface area contributed by atoms with E-state index in [-0.39, 0.29) is 12.0 Å². The van der Waals surface area contributed by atoms with Gasteiger partial charge < -0.3 is 14.2 Å². The van der Waals surface area contributed by atoms with Gasteiger partial charge in [-0.05, 0) is 29.8 Å². The molecule has 20 heavy (non-hydrogen) atoms. The van der Waals surface area contributed by atoms with E-state index in [0.717, 1.165) is 5.56 Å². The molecule has 1 saturated heterocycles. The topological polar surface area (TPSA) is 47.4 Å². The maximum absolute atomic E-state index is 12.5. The summed E-state index contributed by atoms with van der Waals surface area (Å²) in [4.78, 5) is 18.4. The van der Waals surface area contributed by atoms with Crippen molar-refractivity contribution in [1.29, 1.82) is 0 Å². The van der Waals surface area contributed by atoms with Crippen molar-refractivity contribution in [3.63, 3.8) is 0 Å². The van der Waals surface area contributed by atoms with E-state index in [0.29, 0.717) is 25.4 Å². The summed E-state index contributed by atoms with van der Waals surface area (Å²) < 4.78 is 7.61. The molecule has 3 rings (SSSR count). The van der Waals surface area contributed by atoms with E-state index in [1.165, 1.54) is 0 Å². The van der Waals surface area contributed by atoms with Crippen molar-refractivity contribution in [2.45, 2.75) is 6.10 Å². The van der Waals surface area contributed by atoms with Crippen LogP contribution in [0.4, 0.5) is 0 Å². The maximum Gasteiger partial charge on any atom is 0.270 e. The summed E-state index contributed by atoms with van der Waals surface area (Å²) in [5.41, 5.74) is 1.77. The Bertz CT molecular complexity index is 594. The SMILES string of the molecule is Cn1cccc1C(=O)N1CCO[C@H](c2ccncc2)C1. The Balaban J connectivity index is 1.76. The summed E-state index contributed by atoms with van der Waals surface area (Å²) in [6, 6.07) is 7.59. The van der Waals surface area contributed by atoms with Gasteiger partial charge in [-0.3, -0.25) is 9.78 Å². The van der Waals surface area contributed by atoms with E-state index >= 15 is 0 Å². The lowest BCUT2D eigenvalue weighted by Crippen LogP contribution is -2.42. The average Bonchev–Trinajstić information content (AvgIpc) is 2.94. The van der Waals surface area contributed by atoms with Gasteiger partial charge in [0.2, 0.25) is 0 Å². The van der Waals surface area contributed by atoms with Gasteiger partial charge in [0.1, 0.15) is 11.8 Å². The molecule has 5 heteroatoms. The lowest BCUT2D eigenvalue weighted by atomic mass is 10.1. The number of hydrogen-bond acceptors (Lipinski definition) is 3. The molecule has 0 N–H and O–H groups in total. The summed E-state index contributed by atoms with van der Waals surface area (Å²) in [6.45, 7) is 1.77. The monoisotopic (exact) mass is 271 g/mol. The second-order valence-electron chi connectivity index (χ2n) is 4.90. The summed E-state index contributed by atoms with van der Waals surface area (Å²) in [6.07, 6.45) is 5.30. The maximum atomic E-state index is 12.5. The van der Waals surface area contributed by atoms with Crippen LogP contribution in [0.25, 0.3) is 0 Å². The third kappa shape index (κ3) is 2.44. The van der Waals surface area contributed by atoms with Crippen LogP contribution in [0.3, 0.4) is 0 Å². The molecule has 3 heterocycles. The Hall–Kier alpha value is -2.14. The van der Waals surface area contributed by atoms with Crippen molar-refractivity contribution in [3.05, 3.63) is 54.1 Å². The molecule has 1 amide bonds. The number of carbonyl (C=O) groups is 1. The molecular weight excluding hydrogens is 254 g/mol. The number of hydrogen-bond donors (Lipinski definition) is 0. The lowest BCUT2D eigenvalue weighted by molar-refractivity contribution is -0.0231. The minimum absolute atomic E-state index is 0.0554. The number of morpholine rings is 1. The zero-order valence-electron chi connectivity index (χ0n) is 11.4. The van der Waals surface area contributed by atoms with E-state index in [4.69, 9.17) is 4.74 Å². The smallest absolute Gasteiger partial charge is 0.270 e. The Morgan fingerprint density at radius 2 is 2.15 bits per heavy atom. The Labute approximate surface area is 117 Å². The van der Waals surface area contributed by atoms with Gasteiger partial charge >= 0.3 is 0 Å². The van der Waals surface area contributed by atoms with Crippen LogP contribution in [0.15, 0.2) is 42.9 Å². The van der Waals surface area contributed by atoms with Crippen LogP contribution in [0.1, 0.15) is 22.2 Å². The summed E-state index contributed by atoms with van der Waals surface area (Å²) in [5, 5.41) is 0. The van der Waals surface area contributed by atoms with Crippen LogP contribution >= 0.6 is 0 Å². The molecule has 0 radical (unpaired) electrons. The third-order valence-electron chi connectivity index (χ3n) is 3.59. The molecule has 2 aromatic rings. The van der Waals surface area contributed by atoms with Crippen LogP contribution in [-0.4, -0.2) is 40.1 Å². The van der Waals surface area contributed by atoms with E-state index in [9.17, 15) is 4.79 Å². The van der Waals surface area contributed by atoms with Gasteiger partial charge in [0, 0.05) is 32.2 Å². The number of aryl methyl sites for hydroxylation is 1. The zero-order valence-corrected chi connectivity index (χ0v) is 11.4. The first-order valence-corrected chi connectivity index (χ1v) is 6.68. The molecule has 0 unspecified atom stereocenters. The van der Waals surface area contributed by atoms with E-state index < -0.39 is 0 Å². The number of carbonyl (C=O) groups excluding carboxylic acids is 1. The second-order valence-corrected chi connectivity index (χ2v) is 4.90. The van der Waals surface area contributed by atoms with Crippen molar-refractivity contribution in [3.8, 4) is 0 Å². The number of ether oxygens (including phenoxy) is 1. The highest BCUT2D eigenvalue weighted by Gasteiger charge is 2.26. The van der Waals surface area contributed by atoms with Crippen LogP contribution < -0.4 is 0 Å². The van der Waals surface area contributed by atoms with Gasteiger partial charge in [-0.1, -0.05) is 0 Å².